The van der Waals surface area contributed by atoms with E-state index in [2.05, 4.69) is 17.9 Å². The first-order chi connectivity index (χ1) is 23.3. The molecule has 2 aromatic heterocycles. The largest absolute Gasteiger partial charge is 0.490 e. The van der Waals surface area contributed by atoms with Crippen LogP contribution in [-0.2, 0) is 14.3 Å². The summed E-state index contributed by atoms with van der Waals surface area (Å²) in [7, 11) is 0. The summed E-state index contributed by atoms with van der Waals surface area (Å²) in [5.41, 5.74) is 3.29. The number of aliphatic carboxylic acids is 1. The van der Waals surface area contributed by atoms with Crippen LogP contribution in [0, 0.1) is 24.1 Å². The van der Waals surface area contributed by atoms with Gasteiger partial charge in [-0.25, -0.2) is 14.2 Å². The predicted molar refractivity (Wildman–Crippen MR) is 186 cm³/mol. The molecular formula is C39H45FN4O5. The van der Waals surface area contributed by atoms with Crippen LogP contribution in [0.25, 0.3) is 28.0 Å². The normalized spacial score (nSPS) is 20.8. The Morgan fingerprint density at radius 3 is 2.59 bits per heavy atom. The minimum atomic E-state index is -1.33. The zero-order chi connectivity index (χ0) is 35.1. The van der Waals surface area contributed by atoms with E-state index < -0.39 is 17.7 Å². The summed E-state index contributed by atoms with van der Waals surface area (Å²) in [5.74, 6) is -0.264. The number of halogens is 1. The maximum Gasteiger partial charge on any atom is 0.337 e. The summed E-state index contributed by atoms with van der Waals surface area (Å²) in [6, 6.07) is 14.6. The Bertz CT molecular complexity index is 1920. The first-order valence-electron chi connectivity index (χ1n) is 17.1. The molecule has 5 heterocycles. The number of rotatable bonds is 3. The van der Waals surface area contributed by atoms with Crippen molar-refractivity contribution in [1.82, 2.24) is 9.38 Å². The maximum atomic E-state index is 14.7. The van der Waals surface area contributed by atoms with E-state index in [1.54, 1.807) is 13.0 Å². The highest BCUT2D eigenvalue weighted by atomic mass is 19.1. The SMILES string of the molecule is Cc1c([C@H](OC(C)(C)C)C(=O)O)c2n3cc(nc3c1C#N)-c1cccc(c1)-c1cc(F)ccc1O[C@@H](C)CCCCOC1(C)CCN2CC1. The van der Waals surface area contributed by atoms with Gasteiger partial charge >= 0.3 is 5.97 Å². The van der Waals surface area contributed by atoms with Gasteiger partial charge in [0, 0.05) is 42.6 Å². The van der Waals surface area contributed by atoms with E-state index in [1.807, 2.05) is 62.6 Å². The van der Waals surface area contributed by atoms with Gasteiger partial charge in [-0.1, -0.05) is 18.2 Å². The van der Waals surface area contributed by atoms with Gasteiger partial charge in [0.1, 0.15) is 23.5 Å². The van der Waals surface area contributed by atoms with Crippen molar-refractivity contribution in [3.05, 3.63) is 71.2 Å². The molecule has 10 heteroatoms. The van der Waals surface area contributed by atoms with E-state index >= 15 is 0 Å². The molecule has 49 heavy (non-hydrogen) atoms. The van der Waals surface area contributed by atoms with Crippen LogP contribution < -0.4 is 9.64 Å². The topological polar surface area (TPSA) is 109 Å². The number of carboxylic acid groups (broad SMARTS) is 1. The van der Waals surface area contributed by atoms with Gasteiger partial charge in [0.25, 0.3) is 0 Å². The number of nitriles is 1. The number of nitrogens with zero attached hydrogens (tertiary/aromatic N) is 4. The average Bonchev–Trinajstić information content (AvgIpc) is 3.48. The Morgan fingerprint density at radius 2 is 1.90 bits per heavy atom. The molecule has 2 aromatic carbocycles. The molecule has 0 saturated carbocycles. The Balaban J connectivity index is 1.59. The average molecular weight is 669 g/mol. The van der Waals surface area contributed by atoms with Crippen molar-refractivity contribution >= 4 is 17.4 Å². The highest BCUT2D eigenvalue weighted by Crippen LogP contribution is 2.42. The summed E-state index contributed by atoms with van der Waals surface area (Å²) in [6.45, 7) is 13.3. The molecule has 0 aliphatic carbocycles. The van der Waals surface area contributed by atoms with Crippen LogP contribution in [0.4, 0.5) is 10.2 Å². The van der Waals surface area contributed by atoms with Gasteiger partial charge in [0.05, 0.1) is 28.6 Å². The Kier molecular flexibility index (Phi) is 9.44. The molecule has 3 aliphatic heterocycles. The number of anilines is 1. The molecule has 1 N–H and O–H groups in total. The molecule has 2 atom stereocenters. The van der Waals surface area contributed by atoms with Crippen LogP contribution in [-0.4, -0.2) is 57.5 Å². The third-order valence-electron chi connectivity index (χ3n) is 9.56. The van der Waals surface area contributed by atoms with Crippen molar-refractivity contribution in [3.63, 3.8) is 0 Å². The number of ether oxygens (including phenoxy) is 3. The lowest BCUT2D eigenvalue weighted by Crippen LogP contribution is -2.45. The Labute approximate surface area is 287 Å². The van der Waals surface area contributed by atoms with E-state index in [1.165, 1.54) is 12.1 Å². The van der Waals surface area contributed by atoms with Crippen LogP contribution in [0.2, 0.25) is 0 Å². The minimum Gasteiger partial charge on any atom is -0.490 e. The Hall–Kier alpha value is -4.46. The van der Waals surface area contributed by atoms with Crippen LogP contribution in [0.1, 0.15) is 89.5 Å². The minimum absolute atomic E-state index is 0.0765. The summed E-state index contributed by atoms with van der Waals surface area (Å²) < 4.78 is 35.6. The van der Waals surface area contributed by atoms with Crippen LogP contribution >= 0.6 is 0 Å². The van der Waals surface area contributed by atoms with Crippen molar-refractivity contribution in [2.45, 2.75) is 97.1 Å². The standard InChI is InChI=1S/C39H45FN4O5/c1-24-10-7-8-19-47-39(6)15-17-43(18-16-39)36-33(34(37(45)46)49-38(3,4)5)25(2)30(22-41)35-42-31(23-44(35)36)27-12-9-11-26(20-27)29-21-28(40)13-14-32(29)48-24/h9,11-14,20-21,23-24,34H,7-8,10,15-19H2,1-6H3,(H,45,46)/t24-,34-/m0/s1. The number of piperidine rings is 1. The van der Waals surface area contributed by atoms with E-state index in [0.29, 0.717) is 59.3 Å². The molecule has 0 spiro atoms. The first kappa shape index (κ1) is 34.4. The van der Waals surface area contributed by atoms with Gasteiger partial charge in [-0.15, -0.1) is 0 Å². The van der Waals surface area contributed by atoms with Gasteiger partial charge < -0.3 is 24.2 Å². The van der Waals surface area contributed by atoms with Crippen LogP contribution in [0.3, 0.4) is 0 Å². The number of carboxylic acids is 1. The molecule has 4 aromatic rings. The number of fused-ring (bicyclic) bond motifs is 8. The molecule has 0 unspecified atom stereocenters. The molecule has 0 amide bonds. The fraction of sp³-hybridized carbons (Fsp3) is 0.462. The number of aromatic nitrogens is 2. The van der Waals surface area contributed by atoms with E-state index in [9.17, 15) is 19.6 Å². The van der Waals surface area contributed by atoms with Crippen molar-refractivity contribution in [2.75, 3.05) is 24.6 Å². The van der Waals surface area contributed by atoms with Crippen LogP contribution in [0.15, 0.2) is 48.7 Å². The van der Waals surface area contributed by atoms with Gasteiger partial charge in [-0.2, -0.15) is 5.26 Å². The van der Waals surface area contributed by atoms with Gasteiger partial charge in [-0.05, 0) is 109 Å². The van der Waals surface area contributed by atoms with E-state index in [4.69, 9.17) is 19.2 Å². The highest BCUT2D eigenvalue weighted by molar-refractivity contribution is 5.82. The lowest BCUT2D eigenvalue weighted by Gasteiger charge is -2.42. The summed E-state index contributed by atoms with van der Waals surface area (Å²) >= 11 is 0. The second-order valence-electron chi connectivity index (χ2n) is 14.5. The van der Waals surface area contributed by atoms with Crippen LogP contribution in [0.5, 0.6) is 5.75 Å². The number of hydrogen-bond acceptors (Lipinski definition) is 7. The van der Waals surface area contributed by atoms with Gasteiger partial charge in [0.2, 0.25) is 0 Å². The van der Waals surface area contributed by atoms with E-state index in [0.717, 1.165) is 43.2 Å². The fourth-order valence-corrected chi connectivity index (χ4v) is 6.95. The lowest BCUT2D eigenvalue weighted by molar-refractivity contribution is -0.160. The summed E-state index contributed by atoms with van der Waals surface area (Å²) in [6.07, 6.45) is 4.56. The van der Waals surface area contributed by atoms with E-state index in [-0.39, 0.29) is 23.1 Å². The number of benzene rings is 2. The quantitative estimate of drug-likeness (QED) is 0.233. The van der Waals surface area contributed by atoms with Crippen molar-refractivity contribution in [2.24, 2.45) is 0 Å². The summed E-state index contributed by atoms with van der Waals surface area (Å²) in [5, 5.41) is 21.1. The Morgan fingerprint density at radius 1 is 1.16 bits per heavy atom. The van der Waals surface area contributed by atoms with Crippen molar-refractivity contribution in [3.8, 4) is 34.2 Å². The molecule has 0 radical (unpaired) electrons. The first-order valence-corrected chi connectivity index (χ1v) is 17.1. The zero-order valence-corrected chi connectivity index (χ0v) is 29.2. The molecular weight excluding hydrogens is 623 g/mol. The number of carbonyl (C=O) groups is 1. The number of hydrogen-bond donors (Lipinski definition) is 1. The zero-order valence-electron chi connectivity index (χ0n) is 29.2. The second kappa shape index (κ2) is 13.4. The fourth-order valence-electron chi connectivity index (χ4n) is 6.95. The maximum absolute atomic E-state index is 14.7. The van der Waals surface area contributed by atoms with Gasteiger partial charge in [0.15, 0.2) is 11.8 Å². The van der Waals surface area contributed by atoms with Crippen molar-refractivity contribution in [1.29, 1.82) is 5.26 Å². The van der Waals surface area contributed by atoms with Crippen molar-refractivity contribution < 1.29 is 28.5 Å². The molecule has 258 valence electrons. The molecule has 3 aliphatic rings. The molecule has 1 saturated heterocycles. The summed E-state index contributed by atoms with van der Waals surface area (Å²) in [4.78, 5) is 20.1. The highest BCUT2D eigenvalue weighted by Gasteiger charge is 2.38. The second-order valence-corrected chi connectivity index (χ2v) is 14.5. The predicted octanol–water partition coefficient (Wildman–Crippen LogP) is 8.26. The molecule has 6 bridgehead atoms. The smallest absolute Gasteiger partial charge is 0.337 e. The third kappa shape index (κ3) is 7.15. The molecule has 1 fully saturated rings. The van der Waals surface area contributed by atoms with Gasteiger partial charge in [-0.3, -0.25) is 4.40 Å². The number of pyridine rings is 1. The monoisotopic (exact) mass is 668 g/mol. The molecule has 9 nitrogen and oxygen atoms in total. The lowest BCUT2D eigenvalue weighted by atomic mass is 9.91. The number of imidazole rings is 1. The molecule has 7 rings (SSSR count). The third-order valence-corrected chi connectivity index (χ3v) is 9.56.